The Labute approximate surface area is 172 Å². The zero-order valence-electron chi connectivity index (χ0n) is 17.5. The Bertz CT molecular complexity index is 664. The van der Waals surface area contributed by atoms with Gasteiger partial charge in [-0.15, -0.1) is 0 Å². The first-order chi connectivity index (χ1) is 14.0. The van der Waals surface area contributed by atoms with E-state index in [-0.39, 0.29) is 23.8 Å². The van der Waals surface area contributed by atoms with Gasteiger partial charge < -0.3 is 26.2 Å². The molecule has 0 spiro atoms. The molecule has 4 heterocycles. The summed E-state index contributed by atoms with van der Waals surface area (Å²) in [6, 6.07) is 0.530. The highest BCUT2D eigenvalue weighted by Crippen LogP contribution is 2.26. The molecule has 3 aliphatic rings. The molecule has 0 atom stereocenters. The third-order valence-electron chi connectivity index (χ3n) is 6.60. The molecule has 0 aromatic carbocycles. The first-order valence-electron chi connectivity index (χ1n) is 11.0. The zero-order valence-corrected chi connectivity index (χ0v) is 17.5. The molecule has 0 unspecified atom stereocenters. The molecule has 9 nitrogen and oxygen atoms in total. The second kappa shape index (κ2) is 8.79. The number of aromatic nitrogens is 3. The number of rotatable bonds is 4. The number of carbonyl (C=O) groups is 1. The number of anilines is 3. The highest BCUT2D eigenvalue weighted by Gasteiger charge is 2.28. The fraction of sp³-hybridized carbons (Fsp3) is 0.800. The van der Waals surface area contributed by atoms with Crippen molar-refractivity contribution >= 4 is 23.6 Å². The summed E-state index contributed by atoms with van der Waals surface area (Å²) in [4.78, 5) is 32.9. The number of hydrogen-bond donors (Lipinski definition) is 2. The van der Waals surface area contributed by atoms with Crippen LogP contribution in [0.15, 0.2) is 0 Å². The van der Waals surface area contributed by atoms with Crippen LogP contribution in [0.25, 0.3) is 0 Å². The second-order valence-corrected chi connectivity index (χ2v) is 8.76. The van der Waals surface area contributed by atoms with Crippen molar-refractivity contribution < 1.29 is 4.79 Å². The summed E-state index contributed by atoms with van der Waals surface area (Å²) < 4.78 is 0. The van der Waals surface area contributed by atoms with E-state index < -0.39 is 0 Å². The van der Waals surface area contributed by atoms with Crippen LogP contribution < -0.4 is 26.2 Å². The summed E-state index contributed by atoms with van der Waals surface area (Å²) in [5.41, 5.74) is 12.2. The monoisotopic (exact) mass is 402 g/mol. The van der Waals surface area contributed by atoms with Gasteiger partial charge in [-0.2, -0.15) is 15.0 Å². The van der Waals surface area contributed by atoms with Gasteiger partial charge in [0.1, 0.15) is 5.78 Å². The van der Waals surface area contributed by atoms with Crippen molar-refractivity contribution in [3.63, 3.8) is 0 Å². The smallest absolute Gasteiger partial charge is 0.231 e. The van der Waals surface area contributed by atoms with Crippen LogP contribution in [-0.2, 0) is 4.79 Å². The largest absolute Gasteiger partial charge is 0.341 e. The topological polar surface area (TPSA) is 118 Å². The van der Waals surface area contributed by atoms with Gasteiger partial charge in [-0.05, 0) is 45.4 Å². The van der Waals surface area contributed by atoms with E-state index in [0.29, 0.717) is 0 Å². The Kier molecular flexibility index (Phi) is 6.15. The van der Waals surface area contributed by atoms with Gasteiger partial charge >= 0.3 is 0 Å². The molecule has 3 aliphatic heterocycles. The van der Waals surface area contributed by atoms with Crippen LogP contribution >= 0.6 is 0 Å². The number of Topliss-reactive ketones (excluding diaryl/α,β-unsaturated/α-hetero) is 1. The normalized spacial score (nSPS) is 22.9. The van der Waals surface area contributed by atoms with E-state index in [4.69, 9.17) is 26.4 Å². The standard InChI is InChI=1S/C20H34N8O/c1-14(29)15-2-8-26(9-3-15)18-23-19(27-10-4-16(21)5-11-27)25-20(24-18)28-12-6-17(22)7-13-28/h15-17H,2-13,21-22H2,1H3. The van der Waals surface area contributed by atoms with Crippen molar-refractivity contribution in [1.29, 1.82) is 0 Å². The minimum atomic E-state index is 0.166. The fourth-order valence-electron chi connectivity index (χ4n) is 4.45. The number of nitrogens with two attached hydrogens (primary N) is 2. The molecule has 0 bridgehead atoms. The van der Waals surface area contributed by atoms with Crippen LogP contribution in [0.3, 0.4) is 0 Å². The first-order valence-corrected chi connectivity index (χ1v) is 11.0. The molecule has 3 saturated heterocycles. The Morgan fingerprint density at radius 2 is 1.00 bits per heavy atom. The van der Waals surface area contributed by atoms with E-state index in [1.807, 2.05) is 0 Å². The lowest BCUT2D eigenvalue weighted by molar-refractivity contribution is -0.121. The molecule has 29 heavy (non-hydrogen) atoms. The SMILES string of the molecule is CC(=O)C1CCN(c2nc(N3CCC(N)CC3)nc(N3CCC(N)CC3)n2)CC1. The molecule has 0 aliphatic carbocycles. The van der Waals surface area contributed by atoms with Crippen molar-refractivity contribution in [1.82, 2.24) is 15.0 Å². The minimum absolute atomic E-state index is 0.166. The Hall–Kier alpha value is -2.00. The van der Waals surface area contributed by atoms with Crippen molar-refractivity contribution in [2.75, 3.05) is 54.0 Å². The molecule has 0 saturated carbocycles. The third-order valence-corrected chi connectivity index (χ3v) is 6.60. The maximum absolute atomic E-state index is 11.7. The highest BCUT2D eigenvalue weighted by molar-refractivity contribution is 5.78. The lowest BCUT2D eigenvalue weighted by Gasteiger charge is -2.35. The molecule has 0 amide bonds. The molecule has 4 N–H and O–H groups in total. The molecule has 160 valence electrons. The first kappa shape index (κ1) is 20.3. The predicted molar refractivity (Wildman–Crippen MR) is 114 cm³/mol. The van der Waals surface area contributed by atoms with E-state index in [1.165, 1.54) is 0 Å². The summed E-state index contributed by atoms with van der Waals surface area (Å²) in [5.74, 6) is 2.69. The molecular formula is C20H34N8O. The summed E-state index contributed by atoms with van der Waals surface area (Å²) >= 11 is 0. The number of piperidine rings is 3. The summed E-state index contributed by atoms with van der Waals surface area (Å²) in [6.07, 6.45) is 5.56. The molecule has 3 fully saturated rings. The van der Waals surface area contributed by atoms with Crippen molar-refractivity contribution in [2.24, 2.45) is 17.4 Å². The van der Waals surface area contributed by atoms with Crippen LogP contribution in [-0.4, -0.2) is 72.1 Å². The van der Waals surface area contributed by atoms with E-state index in [9.17, 15) is 4.79 Å². The number of nitrogens with zero attached hydrogens (tertiary/aromatic N) is 6. The van der Waals surface area contributed by atoms with Gasteiger partial charge in [-0.25, -0.2) is 0 Å². The average molecular weight is 403 g/mol. The van der Waals surface area contributed by atoms with Gasteiger partial charge in [0, 0.05) is 57.3 Å². The summed E-state index contributed by atoms with van der Waals surface area (Å²) in [7, 11) is 0. The van der Waals surface area contributed by atoms with E-state index >= 15 is 0 Å². The average Bonchev–Trinajstić information content (AvgIpc) is 2.74. The molecule has 1 aromatic heterocycles. The predicted octanol–water partition coefficient (Wildman–Crippen LogP) is 0.532. The minimum Gasteiger partial charge on any atom is -0.341 e. The molecule has 9 heteroatoms. The highest BCUT2D eigenvalue weighted by atomic mass is 16.1. The van der Waals surface area contributed by atoms with Gasteiger partial charge in [0.2, 0.25) is 17.8 Å². The van der Waals surface area contributed by atoms with Gasteiger partial charge in [0.05, 0.1) is 0 Å². The maximum Gasteiger partial charge on any atom is 0.231 e. The molecular weight excluding hydrogens is 368 g/mol. The summed E-state index contributed by atoms with van der Waals surface area (Å²) in [5, 5.41) is 0. The fourth-order valence-corrected chi connectivity index (χ4v) is 4.45. The van der Waals surface area contributed by atoms with Gasteiger partial charge in [-0.1, -0.05) is 0 Å². The molecule has 1 aromatic rings. The maximum atomic E-state index is 11.7. The zero-order chi connectivity index (χ0) is 20.4. The van der Waals surface area contributed by atoms with Crippen molar-refractivity contribution in [2.45, 2.75) is 57.5 Å². The molecule has 0 radical (unpaired) electrons. The van der Waals surface area contributed by atoms with Crippen LogP contribution in [0.4, 0.5) is 17.8 Å². The number of carbonyl (C=O) groups excluding carboxylic acids is 1. The van der Waals surface area contributed by atoms with Crippen molar-refractivity contribution in [3.8, 4) is 0 Å². The number of ketones is 1. The van der Waals surface area contributed by atoms with Crippen molar-refractivity contribution in [3.05, 3.63) is 0 Å². The van der Waals surface area contributed by atoms with E-state index in [1.54, 1.807) is 6.92 Å². The lowest BCUT2D eigenvalue weighted by Crippen LogP contribution is -2.43. The van der Waals surface area contributed by atoms with E-state index in [0.717, 1.165) is 95.6 Å². The lowest BCUT2D eigenvalue weighted by atomic mass is 9.93. The third kappa shape index (κ3) is 4.78. The van der Waals surface area contributed by atoms with Gasteiger partial charge in [-0.3, -0.25) is 4.79 Å². The Balaban J connectivity index is 1.57. The van der Waals surface area contributed by atoms with Crippen LogP contribution in [0.5, 0.6) is 0 Å². The number of hydrogen-bond acceptors (Lipinski definition) is 9. The van der Waals surface area contributed by atoms with Gasteiger partial charge in [0.15, 0.2) is 0 Å². The van der Waals surface area contributed by atoms with Crippen LogP contribution in [0.1, 0.15) is 45.4 Å². The molecule has 4 rings (SSSR count). The summed E-state index contributed by atoms with van der Waals surface area (Å²) in [6.45, 7) is 6.82. The van der Waals surface area contributed by atoms with Crippen LogP contribution in [0.2, 0.25) is 0 Å². The quantitative estimate of drug-likeness (QED) is 0.743. The van der Waals surface area contributed by atoms with Gasteiger partial charge in [0.25, 0.3) is 0 Å². The van der Waals surface area contributed by atoms with E-state index in [2.05, 4.69) is 14.7 Å². The van der Waals surface area contributed by atoms with Crippen LogP contribution in [0, 0.1) is 5.92 Å². The Morgan fingerprint density at radius 3 is 1.31 bits per heavy atom. The second-order valence-electron chi connectivity index (χ2n) is 8.76. The Morgan fingerprint density at radius 1 is 0.690 bits per heavy atom.